The number of likely N-dealkylation sites (tertiary alicyclic amines) is 1. The van der Waals surface area contributed by atoms with E-state index in [1.807, 2.05) is 36.3 Å². The molecule has 1 aromatic carbocycles. The van der Waals surface area contributed by atoms with E-state index in [1.54, 1.807) is 0 Å². The summed E-state index contributed by atoms with van der Waals surface area (Å²) in [6, 6.07) is 14.6. The molecule has 134 valence electrons. The second-order valence-corrected chi connectivity index (χ2v) is 7.94. The van der Waals surface area contributed by atoms with Crippen LogP contribution < -0.4 is 5.32 Å². The summed E-state index contributed by atoms with van der Waals surface area (Å²) in [4.78, 5) is 11.5. The maximum Gasteiger partial charge on any atom is 0.132 e. The maximum absolute atomic E-state index is 4.50. The van der Waals surface area contributed by atoms with Crippen molar-refractivity contribution in [2.24, 2.45) is 0 Å². The van der Waals surface area contributed by atoms with Crippen molar-refractivity contribution in [3.05, 3.63) is 60.4 Å². The number of piperidine rings is 1. The van der Waals surface area contributed by atoms with Crippen LogP contribution in [-0.2, 0) is 6.54 Å². The van der Waals surface area contributed by atoms with E-state index in [-0.39, 0.29) is 0 Å². The number of nitrogens with zero attached hydrogens (tertiary/aromatic N) is 3. The van der Waals surface area contributed by atoms with E-state index < -0.39 is 0 Å². The fourth-order valence-corrected chi connectivity index (χ4v) is 4.17. The Morgan fingerprint density at radius 2 is 1.81 bits per heavy atom. The highest BCUT2D eigenvalue weighted by atomic mass is 32.2. The Balaban J connectivity index is 1.43. The molecule has 0 unspecified atom stereocenters. The average molecular weight is 365 g/mol. The molecule has 1 fully saturated rings. The summed E-state index contributed by atoms with van der Waals surface area (Å²) in [5.41, 5.74) is 1.30. The fraction of sp³-hybridized carbons (Fsp3) is 0.333. The largest absolute Gasteiger partial charge is 0.325 e. The lowest BCUT2D eigenvalue weighted by Crippen LogP contribution is -2.34. The topological polar surface area (TPSA) is 41.1 Å². The van der Waals surface area contributed by atoms with E-state index in [1.165, 1.54) is 36.9 Å². The van der Waals surface area contributed by atoms with Gasteiger partial charge < -0.3 is 5.32 Å². The predicted molar refractivity (Wildman–Crippen MR) is 111 cm³/mol. The quantitative estimate of drug-likeness (QED) is 0.710. The van der Waals surface area contributed by atoms with Gasteiger partial charge in [-0.25, -0.2) is 9.97 Å². The highest BCUT2D eigenvalue weighted by Crippen LogP contribution is 2.23. The van der Waals surface area contributed by atoms with Crippen LogP contribution in [0.5, 0.6) is 0 Å². The molecule has 1 N–H and O–H groups in total. The Kier molecular flexibility index (Phi) is 5.37. The van der Waals surface area contributed by atoms with Gasteiger partial charge in [-0.05, 0) is 61.3 Å². The Hall–Kier alpha value is -2.11. The monoisotopic (exact) mass is 364 g/mol. The van der Waals surface area contributed by atoms with Gasteiger partial charge in [0, 0.05) is 29.6 Å². The SMILES string of the molecule is CSC1CCN(Cc2ccnc(Nc3cc4ccccc4cn3)c2)CC1. The average Bonchev–Trinajstić information content (AvgIpc) is 2.69. The maximum atomic E-state index is 4.50. The summed E-state index contributed by atoms with van der Waals surface area (Å²) in [5, 5.41) is 6.50. The van der Waals surface area contributed by atoms with Crippen LogP contribution in [0.4, 0.5) is 11.6 Å². The minimum atomic E-state index is 0.828. The van der Waals surface area contributed by atoms with Crippen molar-refractivity contribution in [1.29, 1.82) is 0 Å². The third kappa shape index (κ3) is 4.17. The van der Waals surface area contributed by atoms with Gasteiger partial charge in [0.05, 0.1) is 0 Å². The van der Waals surface area contributed by atoms with Gasteiger partial charge in [0.2, 0.25) is 0 Å². The summed E-state index contributed by atoms with van der Waals surface area (Å²) >= 11 is 2.00. The zero-order valence-electron chi connectivity index (χ0n) is 15.1. The van der Waals surface area contributed by atoms with Gasteiger partial charge in [0.1, 0.15) is 11.6 Å². The zero-order valence-corrected chi connectivity index (χ0v) is 15.9. The number of rotatable bonds is 5. The number of aromatic nitrogens is 2. The van der Waals surface area contributed by atoms with Crippen LogP contribution in [0.25, 0.3) is 10.8 Å². The molecule has 1 aliphatic rings. The molecule has 0 amide bonds. The molecule has 1 saturated heterocycles. The van der Waals surface area contributed by atoms with Gasteiger partial charge in [0.25, 0.3) is 0 Å². The first-order valence-corrected chi connectivity index (χ1v) is 10.4. The second kappa shape index (κ2) is 8.06. The molecule has 0 saturated carbocycles. The molecule has 3 aromatic rings. The van der Waals surface area contributed by atoms with Crippen molar-refractivity contribution < 1.29 is 0 Å². The van der Waals surface area contributed by atoms with E-state index in [4.69, 9.17) is 0 Å². The third-order valence-corrected chi connectivity index (χ3v) is 6.12. The Morgan fingerprint density at radius 3 is 2.62 bits per heavy atom. The number of fused-ring (bicyclic) bond motifs is 1. The van der Waals surface area contributed by atoms with E-state index in [0.717, 1.165) is 28.8 Å². The van der Waals surface area contributed by atoms with Crippen LogP contribution in [0.3, 0.4) is 0 Å². The first kappa shape index (κ1) is 17.3. The summed E-state index contributed by atoms with van der Waals surface area (Å²) < 4.78 is 0. The minimum absolute atomic E-state index is 0.828. The van der Waals surface area contributed by atoms with Crippen LogP contribution in [-0.4, -0.2) is 39.5 Å². The van der Waals surface area contributed by atoms with Crippen LogP contribution in [0.2, 0.25) is 0 Å². The van der Waals surface area contributed by atoms with Crippen molar-refractivity contribution >= 4 is 34.2 Å². The number of pyridine rings is 2. The molecule has 4 nitrogen and oxygen atoms in total. The molecule has 3 heterocycles. The molecular formula is C21H24N4S. The number of thioether (sulfide) groups is 1. The van der Waals surface area contributed by atoms with E-state index in [9.17, 15) is 0 Å². The Labute approximate surface area is 159 Å². The van der Waals surface area contributed by atoms with Crippen molar-refractivity contribution in [3.63, 3.8) is 0 Å². The number of hydrogen-bond donors (Lipinski definition) is 1. The molecule has 0 radical (unpaired) electrons. The van der Waals surface area contributed by atoms with Crippen molar-refractivity contribution in [1.82, 2.24) is 14.9 Å². The lowest BCUT2D eigenvalue weighted by atomic mass is 10.1. The molecule has 4 rings (SSSR count). The molecule has 1 aliphatic heterocycles. The summed E-state index contributed by atoms with van der Waals surface area (Å²) in [6.07, 6.45) is 8.59. The van der Waals surface area contributed by atoms with E-state index in [0.29, 0.717) is 0 Å². The molecule has 0 spiro atoms. The van der Waals surface area contributed by atoms with Gasteiger partial charge in [-0.2, -0.15) is 11.8 Å². The second-order valence-electron chi connectivity index (χ2n) is 6.80. The van der Waals surface area contributed by atoms with Crippen molar-refractivity contribution in [3.8, 4) is 0 Å². The third-order valence-electron chi connectivity index (χ3n) is 4.99. The van der Waals surface area contributed by atoms with Gasteiger partial charge in [-0.15, -0.1) is 0 Å². The van der Waals surface area contributed by atoms with Crippen molar-refractivity contribution in [2.75, 3.05) is 24.7 Å². The number of benzene rings is 1. The zero-order chi connectivity index (χ0) is 17.8. The fourth-order valence-electron chi connectivity index (χ4n) is 3.49. The van der Waals surface area contributed by atoms with Crippen molar-refractivity contribution in [2.45, 2.75) is 24.6 Å². The molecule has 2 aromatic heterocycles. The minimum Gasteiger partial charge on any atom is -0.325 e. The highest BCUT2D eigenvalue weighted by Gasteiger charge is 2.18. The molecule has 0 aliphatic carbocycles. The van der Waals surface area contributed by atoms with Gasteiger partial charge in [-0.1, -0.05) is 24.3 Å². The summed E-state index contributed by atoms with van der Waals surface area (Å²) in [6.45, 7) is 3.36. The van der Waals surface area contributed by atoms with E-state index in [2.05, 4.69) is 56.8 Å². The Morgan fingerprint density at radius 1 is 1.04 bits per heavy atom. The lowest BCUT2D eigenvalue weighted by Gasteiger charge is -2.31. The molecule has 26 heavy (non-hydrogen) atoms. The molecule has 0 bridgehead atoms. The summed E-state index contributed by atoms with van der Waals surface area (Å²) in [5.74, 6) is 1.68. The smallest absolute Gasteiger partial charge is 0.132 e. The first-order chi connectivity index (χ1) is 12.8. The van der Waals surface area contributed by atoms with Gasteiger partial charge in [-0.3, -0.25) is 4.90 Å². The summed E-state index contributed by atoms with van der Waals surface area (Å²) in [7, 11) is 0. The number of nitrogens with one attached hydrogen (secondary N) is 1. The van der Waals surface area contributed by atoms with E-state index >= 15 is 0 Å². The normalized spacial score (nSPS) is 16.0. The Bertz CT molecular complexity index is 875. The molecule has 0 atom stereocenters. The van der Waals surface area contributed by atoms with Crippen LogP contribution in [0.1, 0.15) is 18.4 Å². The van der Waals surface area contributed by atoms with Gasteiger partial charge >= 0.3 is 0 Å². The number of hydrogen-bond acceptors (Lipinski definition) is 5. The van der Waals surface area contributed by atoms with Crippen LogP contribution in [0, 0.1) is 0 Å². The van der Waals surface area contributed by atoms with Crippen LogP contribution >= 0.6 is 11.8 Å². The predicted octanol–water partition coefficient (Wildman–Crippen LogP) is 4.70. The van der Waals surface area contributed by atoms with Crippen LogP contribution in [0.15, 0.2) is 54.9 Å². The van der Waals surface area contributed by atoms with Gasteiger partial charge in [0.15, 0.2) is 0 Å². The lowest BCUT2D eigenvalue weighted by molar-refractivity contribution is 0.225. The highest BCUT2D eigenvalue weighted by molar-refractivity contribution is 7.99. The number of anilines is 2. The molecular weight excluding hydrogens is 340 g/mol. The first-order valence-electron chi connectivity index (χ1n) is 9.12. The standard InChI is InChI=1S/C21H24N4S/c1-26-19-7-10-25(11-8-19)15-16-6-9-22-20(12-16)24-21-13-17-4-2-3-5-18(17)14-23-21/h2-6,9,12-14,19H,7-8,10-11,15H2,1H3,(H,22,23,24). The molecule has 5 heteroatoms.